The van der Waals surface area contributed by atoms with Crippen LogP contribution in [0.15, 0.2) is 24.3 Å². The van der Waals surface area contributed by atoms with Gasteiger partial charge in [-0.25, -0.2) is 14.5 Å². The molecular formula is C20H27F3N2O4. The fraction of sp³-hybridized carbons (Fsp3) is 0.500. The highest BCUT2D eigenvalue weighted by atomic mass is 19.4. The van der Waals surface area contributed by atoms with E-state index < -0.39 is 35.1 Å². The molecule has 2 amide bonds. The second kappa shape index (κ2) is 8.75. The summed E-state index contributed by atoms with van der Waals surface area (Å²) in [6.07, 6.45) is -3.49. The number of hydrogen-bond acceptors (Lipinski definition) is 5. The molecule has 0 radical (unpaired) electrons. The number of benzene rings is 1. The molecule has 1 aromatic rings. The van der Waals surface area contributed by atoms with Crippen LogP contribution in [0, 0.1) is 0 Å². The van der Waals surface area contributed by atoms with E-state index in [1.165, 1.54) is 18.2 Å². The molecule has 0 spiro atoms. The Morgan fingerprint density at radius 2 is 1.48 bits per heavy atom. The summed E-state index contributed by atoms with van der Waals surface area (Å²) in [4.78, 5) is 25.5. The standard InChI is InChI=1S/C20H27F3N2O4/c1-18(2,3)28-16(26)25(17(27)29-19(4,5)6)11-7-8-13-9-10-14(12-15(13)24)20(21,22)23/h7-10,12H,11,24H2,1-6H3/b8-7+. The zero-order valence-electron chi connectivity index (χ0n) is 17.4. The number of rotatable bonds is 3. The number of hydrogen-bond donors (Lipinski definition) is 1. The van der Waals surface area contributed by atoms with E-state index in [0.717, 1.165) is 17.0 Å². The average Bonchev–Trinajstić information content (AvgIpc) is 2.47. The first-order valence-electron chi connectivity index (χ1n) is 8.86. The van der Waals surface area contributed by atoms with Crippen molar-refractivity contribution in [1.82, 2.24) is 4.90 Å². The van der Waals surface area contributed by atoms with Gasteiger partial charge < -0.3 is 15.2 Å². The molecule has 1 aromatic carbocycles. The molecule has 0 atom stereocenters. The predicted octanol–water partition coefficient (Wildman–Crippen LogP) is 5.47. The fourth-order valence-corrected chi connectivity index (χ4v) is 2.05. The largest absolute Gasteiger partial charge is 0.443 e. The Hall–Kier alpha value is -2.71. The third-order valence-corrected chi connectivity index (χ3v) is 3.23. The highest BCUT2D eigenvalue weighted by Crippen LogP contribution is 2.31. The SMILES string of the molecule is CC(C)(C)OC(=O)N(C/C=C/c1ccc(C(F)(F)F)cc1N)C(=O)OC(C)(C)C. The van der Waals surface area contributed by atoms with Crippen molar-refractivity contribution in [2.75, 3.05) is 12.3 Å². The summed E-state index contributed by atoms with van der Waals surface area (Å²) in [5, 5.41) is 0. The number of nitrogens with two attached hydrogens (primary N) is 1. The number of halogens is 3. The minimum Gasteiger partial charge on any atom is -0.443 e. The zero-order valence-corrected chi connectivity index (χ0v) is 17.4. The molecule has 6 nitrogen and oxygen atoms in total. The van der Waals surface area contributed by atoms with Gasteiger partial charge in [0.15, 0.2) is 0 Å². The molecule has 0 aromatic heterocycles. The Kier molecular flexibility index (Phi) is 7.34. The molecule has 0 saturated heterocycles. The van der Waals surface area contributed by atoms with Gasteiger partial charge in [0.1, 0.15) is 11.2 Å². The molecule has 0 saturated carbocycles. The van der Waals surface area contributed by atoms with Crippen LogP contribution < -0.4 is 5.73 Å². The molecule has 0 fully saturated rings. The van der Waals surface area contributed by atoms with Crippen LogP contribution in [0.2, 0.25) is 0 Å². The number of nitrogen functional groups attached to an aromatic ring is 1. The molecule has 9 heteroatoms. The van der Waals surface area contributed by atoms with Gasteiger partial charge in [-0.05, 0) is 59.2 Å². The van der Waals surface area contributed by atoms with Crippen molar-refractivity contribution in [3.05, 3.63) is 35.4 Å². The summed E-state index contributed by atoms with van der Waals surface area (Å²) in [7, 11) is 0. The van der Waals surface area contributed by atoms with E-state index in [4.69, 9.17) is 15.2 Å². The Balaban J connectivity index is 3.02. The molecule has 0 heterocycles. The van der Waals surface area contributed by atoms with Crippen molar-refractivity contribution in [1.29, 1.82) is 0 Å². The van der Waals surface area contributed by atoms with E-state index in [1.54, 1.807) is 41.5 Å². The van der Waals surface area contributed by atoms with Crippen molar-refractivity contribution in [2.24, 2.45) is 0 Å². The summed E-state index contributed by atoms with van der Waals surface area (Å²) < 4.78 is 48.6. The van der Waals surface area contributed by atoms with Gasteiger partial charge in [0, 0.05) is 5.69 Å². The topological polar surface area (TPSA) is 81.9 Å². The van der Waals surface area contributed by atoms with E-state index in [1.807, 2.05) is 0 Å². The molecule has 0 bridgehead atoms. The van der Waals surface area contributed by atoms with Crippen LogP contribution in [0.5, 0.6) is 0 Å². The number of alkyl halides is 3. The number of carbonyl (C=O) groups excluding carboxylic acids is 2. The van der Waals surface area contributed by atoms with Gasteiger partial charge in [0.2, 0.25) is 0 Å². The van der Waals surface area contributed by atoms with Crippen LogP contribution >= 0.6 is 0 Å². The first-order chi connectivity index (χ1) is 13.0. The lowest BCUT2D eigenvalue weighted by molar-refractivity contribution is -0.137. The molecule has 0 aliphatic carbocycles. The minimum atomic E-state index is -4.50. The van der Waals surface area contributed by atoms with Gasteiger partial charge >= 0.3 is 18.4 Å². The van der Waals surface area contributed by atoms with E-state index in [0.29, 0.717) is 5.56 Å². The lowest BCUT2D eigenvalue weighted by atomic mass is 10.1. The highest BCUT2D eigenvalue weighted by Gasteiger charge is 2.31. The summed E-state index contributed by atoms with van der Waals surface area (Å²) in [6, 6.07) is 2.93. The lowest BCUT2D eigenvalue weighted by Gasteiger charge is -2.28. The summed E-state index contributed by atoms with van der Waals surface area (Å²) in [5.41, 5.74) is 3.37. The molecule has 2 N–H and O–H groups in total. The van der Waals surface area contributed by atoms with Crippen molar-refractivity contribution >= 4 is 23.9 Å². The van der Waals surface area contributed by atoms with Gasteiger partial charge in [-0.15, -0.1) is 0 Å². The maximum absolute atomic E-state index is 12.7. The fourth-order valence-electron chi connectivity index (χ4n) is 2.05. The third-order valence-electron chi connectivity index (χ3n) is 3.23. The highest BCUT2D eigenvalue weighted by molar-refractivity contribution is 5.88. The average molecular weight is 416 g/mol. The Morgan fingerprint density at radius 1 is 1.00 bits per heavy atom. The quantitative estimate of drug-likeness (QED) is 0.661. The first kappa shape index (κ1) is 24.3. The minimum absolute atomic E-state index is 0.0860. The van der Waals surface area contributed by atoms with Gasteiger partial charge in [0.05, 0.1) is 12.1 Å². The van der Waals surface area contributed by atoms with Crippen LogP contribution in [0.1, 0.15) is 52.7 Å². The van der Waals surface area contributed by atoms with Crippen LogP contribution in [-0.4, -0.2) is 34.8 Å². The van der Waals surface area contributed by atoms with Crippen molar-refractivity contribution in [2.45, 2.75) is 58.9 Å². The molecule has 29 heavy (non-hydrogen) atoms. The van der Waals surface area contributed by atoms with Crippen molar-refractivity contribution in [3.63, 3.8) is 0 Å². The molecule has 0 aliphatic heterocycles. The number of imide groups is 1. The van der Waals surface area contributed by atoms with Crippen LogP contribution in [0.3, 0.4) is 0 Å². The van der Waals surface area contributed by atoms with Crippen LogP contribution in [0.4, 0.5) is 28.4 Å². The summed E-state index contributed by atoms with van der Waals surface area (Å²) >= 11 is 0. The van der Waals surface area contributed by atoms with E-state index >= 15 is 0 Å². The normalized spacial score (nSPS) is 12.7. The number of nitrogens with zero attached hydrogens (tertiary/aromatic N) is 1. The Labute approximate surface area is 168 Å². The van der Waals surface area contributed by atoms with Gasteiger partial charge in [-0.3, -0.25) is 0 Å². The van der Waals surface area contributed by atoms with E-state index in [-0.39, 0.29) is 12.2 Å². The van der Waals surface area contributed by atoms with Gasteiger partial charge in [0.25, 0.3) is 0 Å². The molecule has 0 aliphatic rings. The number of amides is 2. The van der Waals surface area contributed by atoms with Crippen LogP contribution in [0.25, 0.3) is 6.08 Å². The van der Waals surface area contributed by atoms with Crippen molar-refractivity contribution < 1.29 is 32.2 Å². The molecule has 162 valence electrons. The second-order valence-corrected chi connectivity index (χ2v) is 8.32. The Morgan fingerprint density at radius 3 is 1.86 bits per heavy atom. The summed E-state index contributed by atoms with van der Waals surface area (Å²) in [5.74, 6) is 0. The van der Waals surface area contributed by atoms with Gasteiger partial charge in [-0.1, -0.05) is 18.2 Å². The smallest absolute Gasteiger partial charge is 0.420 e. The second-order valence-electron chi connectivity index (χ2n) is 8.32. The Bertz CT molecular complexity index is 747. The number of ether oxygens (including phenoxy) is 2. The molecular weight excluding hydrogens is 389 g/mol. The summed E-state index contributed by atoms with van der Waals surface area (Å²) in [6.45, 7) is 9.68. The number of carbonyl (C=O) groups is 2. The number of anilines is 1. The van der Waals surface area contributed by atoms with E-state index in [9.17, 15) is 22.8 Å². The zero-order chi connectivity index (χ0) is 22.6. The molecule has 0 unspecified atom stereocenters. The maximum atomic E-state index is 12.7. The maximum Gasteiger partial charge on any atom is 0.420 e. The van der Waals surface area contributed by atoms with Crippen molar-refractivity contribution in [3.8, 4) is 0 Å². The monoisotopic (exact) mass is 416 g/mol. The predicted molar refractivity (Wildman–Crippen MR) is 104 cm³/mol. The molecule has 1 rings (SSSR count). The first-order valence-corrected chi connectivity index (χ1v) is 8.86. The van der Waals surface area contributed by atoms with E-state index in [2.05, 4.69) is 0 Å². The third kappa shape index (κ3) is 8.45. The van der Waals surface area contributed by atoms with Crippen LogP contribution in [-0.2, 0) is 15.7 Å². The lowest BCUT2D eigenvalue weighted by Crippen LogP contribution is -2.43. The van der Waals surface area contributed by atoms with Gasteiger partial charge in [-0.2, -0.15) is 13.2 Å².